The lowest BCUT2D eigenvalue weighted by Crippen LogP contribution is -1.94. The fourth-order valence-electron chi connectivity index (χ4n) is 1.51. The molecular weight excluding hydrogens is 319 g/mol. The van der Waals surface area contributed by atoms with Gasteiger partial charge in [-0.1, -0.05) is 64.5 Å². The molecule has 0 aromatic heterocycles. The maximum Gasteiger partial charge on any atom is 0.0181 e. The van der Waals surface area contributed by atoms with Crippen molar-refractivity contribution >= 4 is 22.6 Å². The summed E-state index contributed by atoms with van der Waals surface area (Å²) in [4.78, 5) is 0. The molecule has 1 heteroatoms. The molecule has 0 saturated heterocycles. The number of hydrogen-bond acceptors (Lipinski definition) is 0. The molecule has 17 heavy (non-hydrogen) atoms. The van der Waals surface area contributed by atoms with E-state index in [0.717, 1.165) is 10.3 Å². The molecule has 1 atom stereocenters. The summed E-state index contributed by atoms with van der Waals surface area (Å²) < 4.78 is 1.10. The van der Waals surface area contributed by atoms with E-state index < -0.39 is 0 Å². The van der Waals surface area contributed by atoms with Crippen LogP contribution >= 0.6 is 22.6 Å². The molecule has 0 rings (SSSR count). The average molecular weight is 346 g/mol. The lowest BCUT2D eigenvalue weighted by atomic mass is 9.97. The SMILES string of the molecule is CC(C)=C(C)CCC(C)C/C=C/C(C)=C/CI. The molecule has 0 aliphatic heterocycles. The van der Waals surface area contributed by atoms with Crippen LogP contribution in [0.4, 0.5) is 0 Å². The summed E-state index contributed by atoms with van der Waals surface area (Å²) in [7, 11) is 0. The van der Waals surface area contributed by atoms with Gasteiger partial charge in [0.15, 0.2) is 0 Å². The maximum atomic E-state index is 2.38. The van der Waals surface area contributed by atoms with Crippen LogP contribution < -0.4 is 0 Å². The van der Waals surface area contributed by atoms with Crippen molar-refractivity contribution in [1.29, 1.82) is 0 Å². The van der Waals surface area contributed by atoms with Crippen molar-refractivity contribution in [3.8, 4) is 0 Å². The van der Waals surface area contributed by atoms with Gasteiger partial charge in [0.2, 0.25) is 0 Å². The Morgan fingerprint density at radius 2 is 1.82 bits per heavy atom. The first-order valence-corrected chi connectivity index (χ1v) is 8.02. The number of halogens is 1. The van der Waals surface area contributed by atoms with Crippen LogP contribution in [0.2, 0.25) is 0 Å². The van der Waals surface area contributed by atoms with Crippen molar-refractivity contribution in [1.82, 2.24) is 0 Å². The van der Waals surface area contributed by atoms with E-state index >= 15 is 0 Å². The van der Waals surface area contributed by atoms with Crippen LogP contribution in [0.3, 0.4) is 0 Å². The zero-order valence-corrected chi connectivity index (χ0v) is 14.2. The summed E-state index contributed by atoms with van der Waals surface area (Å²) in [6, 6.07) is 0. The molecule has 0 heterocycles. The number of alkyl halides is 1. The normalized spacial score (nSPS) is 14.1. The standard InChI is InChI=1S/C16H27I/c1-13(2)16(5)10-9-14(3)7-6-8-15(4)11-12-17/h6,8,11,14H,7,9-10,12H2,1-5H3/b8-6+,15-11+. The van der Waals surface area contributed by atoms with Crippen LogP contribution in [0.1, 0.15) is 53.9 Å². The third-order valence-corrected chi connectivity index (χ3v) is 3.62. The summed E-state index contributed by atoms with van der Waals surface area (Å²) in [5, 5.41) is 0. The van der Waals surface area contributed by atoms with Gasteiger partial charge in [0, 0.05) is 4.43 Å². The third kappa shape index (κ3) is 9.63. The predicted octanol–water partition coefficient (Wildman–Crippen LogP) is 6.09. The molecule has 0 spiro atoms. The largest absolute Gasteiger partial charge is 0.0840 e. The van der Waals surface area contributed by atoms with Crippen LogP contribution in [-0.4, -0.2) is 4.43 Å². The fraction of sp³-hybridized carbons (Fsp3) is 0.625. The van der Waals surface area contributed by atoms with Crippen LogP contribution in [0, 0.1) is 5.92 Å². The van der Waals surface area contributed by atoms with Gasteiger partial charge in [-0.3, -0.25) is 0 Å². The molecule has 0 aromatic rings. The Morgan fingerprint density at radius 1 is 1.18 bits per heavy atom. The van der Waals surface area contributed by atoms with E-state index in [1.54, 1.807) is 5.57 Å². The first-order chi connectivity index (χ1) is 7.97. The molecule has 0 fully saturated rings. The summed E-state index contributed by atoms with van der Waals surface area (Å²) in [5.74, 6) is 0.785. The Kier molecular flexibility index (Phi) is 9.90. The predicted molar refractivity (Wildman–Crippen MR) is 88.8 cm³/mol. The maximum absolute atomic E-state index is 2.38. The lowest BCUT2D eigenvalue weighted by molar-refractivity contribution is 0.538. The smallest absolute Gasteiger partial charge is 0.0181 e. The minimum atomic E-state index is 0.785. The Hall–Kier alpha value is -0.0500. The van der Waals surface area contributed by atoms with Crippen molar-refractivity contribution in [2.24, 2.45) is 5.92 Å². The van der Waals surface area contributed by atoms with Gasteiger partial charge in [-0.2, -0.15) is 0 Å². The summed E-state index contributed by atoms with van der Waals surface area (Å²) >= 11 is 2.38. The molecule has 0 N–H and O–H groups in total. The molecule has 0 saturated carbocycles. The van der Waals surface area contributed by atoms with Crippen molar-refractivity contribution in [2.75, 3.05) is 4.43 Å². The highest BCUT2D eigenvalue weighted by molar-refractivity contribution is 14.1. The van der Waals surface area contributed by atoms with Crippen molar-refractivity contribution in [3.05, 3.63) is 34.9 Å². The van der Waals surface area contributed by atoms with E-state index in [-0.39, 0.29) is 0 Å². The Labute approximate surface area is 121 Å². The topological polar surface area (TPSA) is 0 Å². The molecule has 0 aliphatic carbocycles. The average Bonchev–Trinajstić information content (AvgIpc) is 2.26. The molecule has 0 aliphatic rings. The minimum absolute atomic E-state index is 0.785. The zero-order chi connectivity index (χ0) is 13.3. The highest BCUT2D eigenvalue weighted by Crippen LogP contribution is 2.17. The van der Waals surface area contributed by atoms with Gasteiger partial charge in [0.25, 0.3) is 0 Å². The van der Waals surface area contributed by atoms with Gasteiger partial charge >= 0.3 is 0 Å². The summed E-state index contributed by atoms with van der Waals surface area (Å²) in [5.41, 5.74) is 4.42. The van der Waals surface area contributed by atoms with Crippen LogP contribution in [0.25, 0.3) is 0 Å². The molecule has 0 nitrogen and oxygen atoms in total. The highest BCUT2D eigenvalue weighted by Gasteiger charge is 2.01. The van der Waals surface area contributed by atoms with Gasteiger partial charge < -0.3 is 0 Å². The van der Waals surface area contributed by atoms with E-state index in [0.29, 0.717) is 0 Å². The first kappa shape index (κ1) is 16.9. The van der Waals surface area contributed by atoms with Gasteiger partial charge in [-0.05, 0) is 52.9 Å². The molecule has 0 bridgehead atoms. The molecular formula is C16H27I. The minimum Gasteiger partial charge on any atom is -0.0840 e. The second-order valence-corrected chi connectivity index (χ2v) is 6.05. The second-order valence-electron chi connectivity index (χ2n) is 5.16. The van der Waals surface area contributed by atoms with E-state index in [2.05, 4.69) is 75.4 Å². The molecule has 0 amide bonds. The van der Waals surface area contributed by atoms with Gasteiger partial charge in [-0.25, -0.2) is 0 Å². The van der Waals surface area contributed by atoms with Crippen LogP contribution in [0.15, 0.2) is 34.9 Å². The first-order valence-electron chi connectivity index (χ1n) is 6.49. The van der Waals surface area contributed by atoms with Crippen LogP contribution in [0.5, 0.6) is 0 Å². The zero-order valence-electron chi connectivity index (χ0n) is 12.0. The Bertz CT molecular complexity index is 291. The third-order valence-electron chi connectivity index (χ3n) is 3.18. The monoisotopic (exact) mass is 346 g/mol. The van der Waals surface area contributed by atoms with Crippen molar-refractivity contribution in [3.63, 3.8) is 0 Å². The van der Waals surface area contributed by atoms with Crippen molar-refractivity contribution < 1.29 is 0 Å². The molecule has 1 unspecified atom stereocenters. The van der Waals surface area contributed by atoms with E-state index in [1.807, 2.05) is 0 Å². The fourth-order valence-corrected chi connectivity index (χ4v) is 2.20. The summed E-state index contributed by atoms with van der Waals surface area (Å²) in [6.07, 6.45) is 10.6. The number of hydrogen-bond donors (Lipinski definition) is 0. The van der Waals surface area contributed by atoms with Gasteiger partial charge in [-0.15, -0.1) is 0 Å². The van der Waals surface area contributed by atoms with Crippen LogP contribution in [-0.2, 0) is 0 Å². The molecule has 98 valence electrons. The molecule has 0 aromatic carbocycles. The summed E-state index contributed by atoms with van der Waals surface area (Å²) in [6.45, 7) is 11.2. The quantitative estimate of drug-likeness (QED) is 0.227. The number of allylic oxidation sites excluding steroid dienone is 6. The van der Waals surface area contributed by atoms with E-state index in [4.69, 9.17) is 0 Å². The van der Waals surface area contributed by atoms with E-state index in [9.17, 15) is 0 Å². The lowest BCUT2D eigenvalue weighted by Gasteiger charge is -2.09. The molecule has 0 radical (unpaired) electrons. The van der Waals surface area contributed by atoms with Gasteiger partial charge in [0.1, 0.15) is 0 Å². The Balaban J connectivity index is 3.92. The van der Waals surface area contributed by atoms with E-state index in [1.165, 1.54) is 30.4 Å². The van der Waals surface area contributed by atoms with Gasteiger partial charge in [0.05, 0.1) is 0 Å². The number of rotatable bonds is 7. The Morgan fingerprint density at radius 3 is 2.35 bits per heavy atom. The van der Waals surface area contributed by atoms with Crippen molar-refractivity contribution in [2.45, 2.75) is 53.9 Å². The second kappa shape index (κ2) is 9.93. The highest BCUT2D eigenvalue weighted by atomic mass is 127.